The Hall–Kier alpha value is -2.99. The summed E-state index contributed by atoms with van der Waals surface area (Å²) in [6, 6.07) is 13.2. The summed E-state index contributed by atoms with van der Waals surface area (Å²) >= 11 is 5.94. The number of halogens is 1. The Morgan fingerprint density at radius 3 is 2.54 bits per heavy atom. The number of rotatable bonds is 4. The van der Waals surface area contributed by atoms with Crippen molar-refractivity contribution in [2.75, 3.05) is 12.4 Å². The molecule has 7 heteroatoms. The molecule has 0 aliphatic carbocycles. The Kier molecular flexibility index (Phi) is 5.14. The molecular weight excluding hydrogens is 354 g/mol. The maximum Gasteiger partial charge on any atom is 0.319 e. The summed E-state index contributed by atoms with van der Waals surface area (Å²) in [6.45, 7) is 1.69. The largest absolute Gasteiger partial charge is 0.495 e. The van der Waals surface area contributed by atoms with Crippen LogP contribution in [-0.2, 0) is 4.79 Å². The van der Waals surface area contributed by atoms with Gasteiger partial charge < -0.3 is 20.7 Å². The van der Waals surface area contributed by atoms with Crippen molar-refractivity contribution in [2.24, 2.45) is 0 Å². The van der Waals surface area contributed by atoms with Crippen molar-refractivity contribution in [3.05, 3.63) is 70.4 Å². The fourth-order valence-electron chi connectivity index (χ4n) is 2.84. The normalized spacial score (nSPS) is 16.6. The predicted molar refractivity (Wildman–Crippen MR) is 100 cm³/mol. The number of urea groups is 1. The van der Waals surface area contributed by atoms with Gasteiger partial charge in [-0.15, -0.1) is 0 Å². The third kappa shape index (κ3) is 3.65. The number of para-hydroxylation sites is 2. The Labute approximate surface area is 156 Å². The average Bonchev–Trinajstić information content (AvgIpc) is 2.62. The molecule has 6 nitrogen and oxygen atoms in total. The Morgan fingerprint density at radius 1 is 1.15 bits per heavy atom. The van der Waals surface area contributed by atoms with Crippen LogP contribution < -0.4 is 20.7 Å². The lowest BCUT2D eigenvalue weighted by Gasteiger charge is -2.28. The highest BCUT2D eigenvalue weighted by atomic mass is 35.5. The molecule has 2 aromatic carbocycles. The fourth-order valence-corrected chi connectivity index (χ4v) is 2.96. The Bertz CT molecular complexity index is 878. The molecule has 1 atom stereocenters. The van der Waals surface area contributed by atoms with Gasteiger partial charge in [-0.1, -0.05) is 35.9 Å². The van der Waals surface area contributed by atoms with Gasteiger partial charge in [0.15, 0.2) is 0 Å². The first-order valence-corrected chi connectivity index (χ1v) is 8.35. The van der Waals surface area contributed by atoms with Gasteiger partial charge in [0.05, 0.1) is 24.4 Å². The zero-order valence-corrected chi connectivity index (χ0v) is 15.1. The molecule has 3 N–H and O–H groups in total. The second-order valence-electron chi connectivity index (χ2n) is 5.78. The molecule has 1 aliphatic rings. The molecule has 0 radical (unpaired) electrons. The minimum absolute atomic E-state index is 0.334. The van der Waals surface area contributed by atoms with E-state index in [9.17, 15) is 9.59 Å². The molecule has 1 heterocycles. The molecule has 0 fully saturated rings. The zero-order chi connectivity index (χ0) is 18.7. The summed E-state index contributed by atoms with van der Waals surface area (Å²) in [4.78, 5) is 24.9. The zero-order valence-electron chi connectivity index (χ0n) is 14.3. The van der Waals surface area contributed by atoms with Crippen LogP contribution in [0.25, 0.3) is 0 Å². The molecule has 0 aromatic heterocycles. The van der Waals surface area contributed by atoms with E-state index >= 15 is 0 Å². The van der Waals surface area contributed by atoms with Crippen LogP contribution >= 0.6 is 11.6 Å². The summed E-state index contributed by atoms with van der Waals surface area (Å²) in [6.07, 6.45) is 0. The highest BCUT2D eigenvalue weighted by Gasteiger charge is 2.31. The fraction of sp³-hybridized carbons (Fsp3) is 0.158. The monoisotopic (exact) mass is 371 g/mol. The lowest BCUT2D eigenvalue weighted by atomic mass is 9.95. The lowest BCUT2D eigenvalue weighted by Crippen LogP contribution is -2.45. The highest BCUT2D eigenvalue weighted by molar-refractivity contribution is 6.30. The van der Waals surface area contributed by atoms with Crippen molar-refractivity contribution in [3.8, 4) is 5.75 Å². The number of ether oxygens (including phenoxy) is 1. The van der Waals surface area contributed by atoms with Gasteiger partial charge >= 0.3 is 6.03 Å². The summed E-state index contributed by atoms with van der Waals surface area (Å²) in [5, 5.41) is 8.86. The summed E-state index contributed by atoms with van der Waals surface area (Å²) < 4.78 is 5.27. The molecular formula is C19H18ClN3O3. The van der Waals surface area contributed by atoms with E-state index in [2.05, 4.69) is 16.0 Å². The quantitative estimate of drug-likeness (QED) is 0.768. The lowest BCUT2D eigenvalue weighted by molar-refractivity contribution is -0.113. The minimum Gasteiger partial charge on any atom is -0.495 e. The molecule has 0 saturated carbocycles. The summed E-state index contributed by atoms with van der Waals surface area (Å²) in [5.41, 5.74) is 2.21. The van der Waals surface area contributed by atoms with Gasteiger partial charge in [-0.2, -0.15) is 0 Å². The van der Waals surface area contributed by atoms with E-state index in [0.717, 1.165) is 5.56 Å². The molecule has 2 aromatic rings. The second kappa shape index (κ2) is 7.49. The molecule has 134 valence electrons. The van der Waals surface area contributed by atoms with E-state index in [1.165, 1.54) is 7.11 Å². The maximum atomic E-state index is 13.0. The number of nitrogens with one attached hydrogen (secondary N) is 3. The van der Waals surface area contributed by atoms with Crippen LogP contribution in [0.2, 0.25) is 5.02 Å². The maximum absolute atomic E-state index is 13.0. The van der Waals surface area contributed by atoms with Crippen molar-refractivity contribution in [3.63, 3.8) is 0 Å². The van der Waals surface area contributed by atoms with Crippen molar-refractivity contribution in [1.29, 1.82) is 0 Å². The molecule has 0 spiro atoms. The molecule has 3 amide bonds. The van der Waals surface area contributed by atoms with Crippen LogP contribution in [0.15, 0.2) is 59.8 Å². The third-order valence-electron chi connectivity index (χ3n) is 4.07. The first-order valence-electron chi connectivity index (χ1n) is 7.97. The van der Waals surface area contributed by atoms with E-state index in [4.69, 9.17) is 16.3 Å². The SMILES string of the molecule is COc1ccccc1NC(=O)C1=C(C)NC(=O)N[C@@H]1c1ccc(Cl)cc1. The first kappa shape index (κ1) is 17.8. The van der Waals surface area contributed by atoms with Crippen LogP contribution in [0.3, 0.4) is 0 Å². The smallest absolute Gasteiger partial charge is 0.319 e. The van der Waals surface area contributed by atoms with Gasteiger partial charge in [-0.3, -0.25) is 4.79 Å². The van der Waals surface area contributed by atoms with Gasteiger partial charge in [0.1, 0.15) is 5.75 Å². The molecule has 26 heavy (non-hydrogen) atoms. The molecule has 0 saturated heterocycles. The molecule has 1 aliphatic heterocycles. The van der Waals surface area contributed by atoms with E-state index in [1.54, 1.807) is 49.4 Å². The number of anilines is 1. The number of methoxy groups -OCH3 is 1. The van der Waals surface area contributed by atoms with Crippen LogP contribution in [0.1, 0.15) is 18.5 Å². The van der Waals surface area contributed by atoms with Gasteiger partial charge in [0.25, 0.3) is 5.91 Å². The number of hydrogen-bond donors (Lipinski definition) is 3. The van der Waals surface area contributed by atoms with Crippen molar-refractivity contribution < 1.29 is 14.3 Å². The molecule has 0 bridgehead atoms. The van der Waals surface area contributed by atoms with Crippen LogP contribution in [0.5, 0.6) is 5.75 Å². The van der Waals surface area contributed by atoms with E-state index in [0.29, 0.717) is 27.7 Å². The van der Waals surface area contributed by atoms with E-state index in [1.807, 2.05) is 6.07 Å². The number of carbonyl (C=O) groups is 2. The average molecular weight is 372 g/mol. The first-order chi connectivity index (χ1) is 12.5. The van der Waals surface area contributed by atoms with E-state index in [-0.39, 0.29) is 11.9 Å². The summed E-state index contributed by atoms with van der Waals surface area (Å²) in [7, 11) is 1.54. The van der Waals surface area contributed by atoms with Gasteiger partial charge in [-0.25, -0.2) is 4.79 Å². The van der Waals surface area contributed by atoms with Crippen molar-refractivity contribution >= 4 is 29.2 Å². The molecule has 3 rings (SSSR count). The topological polar surface area (TPSA) is 79.5 Å². The van der Waals surface area contributed by atoms with E-state index < -0.39 is 6.04 Å². The van der Waals surface area contributed by atoms with Crippen LogP contribution in [0.4, 0.5) is 10.5 Å². The van der Waals surface area contributed by atoms with Gasteiger partial charge in [0, 0.05) is 10.7 Å². The number of benzene rings is 2. The molecule has 0 unspecified atom stereocenters. The Balaban J connectivity index is 1.95. The van der Waals surface area contributed by atoms with Crippen LogP contribution in [-0.4, -0.2) is 19.0 Å². The van der Waals surface area contributed by atoms with Crippen molar-refractivity contribution in [2.45, 2.75) is 13.0 Å². The number of allylic oxidation sites excluding steroid dienone is 1. The summed E-state index contributed by atoms with van der Waals surface area (Å²) in [5.74, 6) is 0.217. The highest BCUT2D eigenvalue weighted by Crippen LogP contribution is 2.30. The third-order valence-corrected chi connectivity index (χ3v) is 4.32. The van der Waals surface area contributed by atoms with Crippen molar-refractivity contribution in [1.82, 2.24) is 10.6 Å². The minimum atomic E-state index is -0.587. The second-order valence-corrected chi connectivity index (χ2v) is 6.21. The number of hydrogen-bond acceptors (Lipinski definition) is 3. The standard InChI is InChI=1S/C19H18ClN3O3/c1-11-16(18(24)22-14-5-3-4-6-15(14)26-2)17(23-19(25)21-11)12-7-9-13(20)10-8-12/h3-10,17H,1-2H3,(H,22,24)(H2,21,23,25)/t17-/m1/s1. The van der Waals surface area contributed by atoms with Gasteiger partial charge in [-0.05, 0) is 36.8 Å². The number of carbonyl (C=O) groups excluding carboxylic acids is 2. The van der Waals surface area contributed by atoms with Crippen LogP contribution in [0, 0.1) is 0 Å². The number of amides is 3. The predicted octanol–water partition coefficient (Wildman–Crippen LogP) is 3.62. The van der Waals surface area contributed by atoms with Gasteiger partial charge in [0.2, 0.25) is 0 Å². The Morgan fingerprint density at radius 2 is 1.85 bits per heavy atom.